The molecule has 110 valence electrons. The average Bonchev–Trinajstić information content (AvgIpc) is 2.61. The monoisotopic (exact) mass is 264 g/mol. The van der Waals surface area contributed by atoms with Gasteiger partial charge in [0.2, 0.25) is 0 Å². The topological polar surface area (TPSA) is 15.3 Å². The summed E-state index contributed by atoms with van der Waals surface area (Å²) in [7, 11) is 0. The molecule has 1 heterocycles. The molecule has 0 aromatic carbocycles. The molecule has 0 bridgehead atoms. The Morgan fingerprint density at radius 2 is 1.74 bits per heavy atom. The second-order valence-electron chi connectivity index (χ2n) is 7.42. The molecule has 1 spiro atoms. The van der Waals surface area contributed by atoms with E-state index in [1.54, 1.807) is 0 Å². The molecule has 2 saturated carbocycles. The summed E-state index contributed by atoms with van der Waals surface area (Å²) in [4.78, 5) is 2.89. The van der Waals surface area contributed by atoms with Crippen LogP contribution in [-0.4, -0.2) is 36.1 Å². The van der Waals surface area contributed by atoms with Gasteiger partial charge in [0.05, 0.1) is 0 Å². The lowest BCUT2D eigenvalue weighted by Crippen LogP contribution is -2.52. The van der Waals surface area contributed by atoms with Crippen LogP contribution in [0.5, 0.6) is 0 Å². The molecule has 3 fully saturated rings. The van der Waals surface area contributed by atoms with Crippen molar-refractivity contribution < 1.29 is 0 Å². The highest BCUT2D eigenvalue weighted by atomic mass is 15.2. The summed E-state index contributed by atoms with van der Waals surface area (Å²) in [6.07, 6.45) is 14.4. The van der Waals surface area contributed by atoms with Crippen molar-refractivity contribution in [3.63, 3.8) is 0 Å². The standard InChI is InChI=1S/C17H32N2/c1-15-8-3-2-4-9-16(15)19-13-7-12-18-17(14-19)10-5-6-11-17/h15-16,18H,2-14H2,1H3. The molecule has 2 aliphatic carbocycles. The molecule has 2 atom stereocenters. The zero-order chi connectivity index (χ0) is 13.1. The van der Waals surface area contributed by atoms with Crippen molar-refractivity contribution >= 4 is 0 Å². The number of nitrogens with one attached hydrogen (secondary N) is 1. The van der Waals surface area contributed by atoms with Crippen LogP contribution in [0.25, 0.3) is 0 Å². The molecule has 1 aliphatic heterocycles. The van der Waals surface area contributed by atoms with Crippen LogP contribution >= 0.6 is 0 Å². The van der Waals surface area contributed by atoms with Gasteiger partial charge in [-0.2, -0.15) is 0 Å². The Kier molecular flexibility index (Phi) is 4.48. The van der Waals surface area contributed by atoms with Crippen LogP contribution in [0.4, 0.5) is 0 Å². The van der Waals surface area contributed by atoms with Crippen LogP contribution in [0, 0.1) is 5.92 Å². The zero-order valence-corrected chi connectivity index (χ0v) is 12.8. The Balaban J connectivity index is 1.70. The lowest BCUT2D eigenvalue weighted by molar-refractivity contribution is 0.113. The van der Waals surface area contributed by atoms with Crippen LogP contribution in [0.1, 0.15) is 71.1 Å². The van der Waals surface area contributed by atoms with Gasteiger partial charge >= 0.3 is 0 Å². The Morgan fingerprint density at radius 3 is 2.58 bits per heavy atom. The highest BCUT2D eigenvalue weighted by Crippen LogP contribution is 2.35. The summed E-state index contributed by atoms with van der Waals surface area (Å²) in [5.74, 6) is 0.916. The molecule has 0 aromatic heterocycles. The van der Waals surface area contributed by atoms with Gasteiger partial charge in [-0.15, -0.1) is 0 Å². The Morgan fingerprint density at radius 1 is 0.947 bits per heavy atom. The molecular weight excluding hydrogens is 232 g/mol. The molecule has 0 aromatic rings. The Labute approximate surface area is 119 Å². The summed E-state index contributed by atoms with van der Waals surface area (Å²) in [6, 6.07) is 0.875. The van der Waals surface area contributed by atoms with Gasteiger partial charge in [0.15, 0.2) is 0 Å². The second kappa shape index (κ2) is 6.13. The van der Waals surface area contributed by atoms with E-state index in [1.165, 1.54) is 83.8 Å². The third-order valence-electron chi connectivity index (χ3n) is 5.97. The van der Waals surface area contributed by atoms with Crippen LogP contribution in [0.15, 0.2) is 0 Å². The first-order chi connectivity index (χ1) is 9.29. The fraction of sp³-hybridized carbons (Fsp3) is 1.00. The minimum Gasteiger partial charge on any atom is -0.310 e. The van der Waals surface area contributed by atoms with Crippen molar-refractivity contribution in [2.75, 3.05) is 19.6 Å². The maximum absolute atomic E-state index is 3.91. The van der Waals surface area contributed by atoms with E-state index in [9.17, 15) is 0 Å². The van der Waals surface area contributed by atoms with Gasteiger partial charge in [-0.1, -0.05) is 39.0 Å². The van der Waals surface area contributed by atoms with E-state index in [4.69, 9.17) is 0 Å². The van der Waals surface area contributed by atoms with Gasteiger partial charge < -0.3 is 5.32 Å². The van der Waals surface area contributed by atoms with Crippen LogP contribution in [0.3, 0.4) is 0 Å². The molecule has 19 heavy (non-hydrogen) atoms. The lowest BCUT2D eigenvalue weighted by atomic mass is 9.91. The molecule has 0 amide bonds. The summed E-state index contributed by atoms with van der Waals surface area (Å²) in [6.45, 7) is 6.43. The van der Waals surface area contributed by atoms with E-state index in [0.717, 1.165) is 12.0 Å². The first kappa shape index (κ1) is 13.9. The van der Waals surface area contributed by atoms with Gasteiger partial charge in [0.25, 0.3) is 0 Å². The van der Waals surface area contributed by atoms with E-state index in [1.807, 2.05) is 0 Å². The van der Waals surface area contributed by atoms with E-state index in [0.29, 0.717) is 5.54 Å². The number of hydrogen-bond donors (Lipinski definition) is 1. The van der Waals surface area contributed by atoms with Crippen molar-refractivity contribution in [3.8, 4) is 0 Å². The van der Waals surface area contributed by atoms with Crippen LogP contribution in [-0.2, 0) is 0 Å². The van der Waals surface area contributed by atoms with E-state index in [-0.39, 0.29) is 0 Å². The van der Waals surface area contributed by atoms with Gasteiger partial charge in [-0.25, -0.2) is 0 Å². The third kappa shape index (κ3) is 3.16. The molecule has 0 radical (unpaired) electrons. The molecule has 3 aliphatic rings. The van der Waals surface area contributed by atoms with Crippen molar-refractivity contribution in [3.05, 3.63) is 0 Å². The molecule has 2 nitrogen and oxygen atoms in total. The highest BCUT2D eigenvalue weighted by molar-refractivity contribution is 4.98. The number of rotatable bonds is 1. The van der Waals surface area contributed by atoms with Gasteiger partial charge in [-0.3, -0.25) is 4.90 Å². The fourth-order valence-electron chi connectivity index (χ4n) is 4.85. The van der Waals surface area contributed by atoms with Crippen molar-refractivity contribution in [2.24, 2.45) is 5.92 Å². The maximum atomic E-state index is 3.91. The minimum atomic E-state index is 0.489. The lowest BCUT2D eigenvalue weighted by Gasteiger charge is -2.39. The predicted octanol–water partition coefficient (Wildman–Crippen LogP) is 3.56. The van der Waals surface area contributed by atoms with Crippen LogP contribution in [0.2, 0.25) is 0 Å². The molecule has 1 N–H and O–H groups in total. The maximum Gasteiger partial charge on any atom is 0.0308 e. The Hall–Kier alpha value is -0.0800. The minimum absolute atomic E-state index is 0.489. The molecule has 3 rings (SSSR count). The van der Waals surface area contributed by atoms with Gasteiger partial charge in [0.1, 0.15) is 0 Å². The quantitative estimate of drug-likeness (QED) is 0.729. The molecular formula is C17H32N2. The smallest absolute Gasteiger partial charge is 0.0308 e. The second-order valence-corrected chi connectivity index (χ2v) is 7.42. The van der Waals surface area contributed by atoms with Crippen molar-refractivity contribution in [2.45, 2.75) is 82.7 Å². The van der Waals surface area contributed by atoms with Gasteiger partial charge in [0, 0.05) is 18.1 Å². The summed E-state index contributed by atoms with van der Waals surface area (Å²) >= 11 is 0. The number of nitrogens with zero attached hydrogens (tertiary/aromatic N) is 1. The highest BCUT2D eigenvalue weighted by Gasteiger charge is 2.39. The van der Waals surface area contributed by atoms with Crippen molar-refractivity contribution in [1.29, 1.82) is 0 Å². The predicted molar refractivity (Wildman–Crippen MR) is 81.4 cm³/mol. The van der Waals surface area contributed by atoms with Crippen LogP contribution < -0.4 is 5.32 Å². The van der Waals surface area contributed by atoms with E-state index in [2.05, 4.69) is 17.1 Å². The summed E-state index contributed by atoms with van der Waals surface area (Å²) < 4.78 is 0. The SMILES string of the molecule is CC1CCCCCC1N1CCCNC2(CCCC2)C1. The molecule has 2 unspecified atom stereocenters. The summed E-state index contributed by atoms with van der Waals surface area (Å²) in [5.41, 5.74) is 0.489. The third-order valence-corrected chi connectivity index (χ3v) is 5.97. The molecule has 1 saturated heterocycles. The molecule has 2 heteroatoms. The largest absolute Gasteiger partial charge is 0.310 e. The Bertz CT molecular complexity index is 283. The normalized spacial score (nSPS) is 37.1. The average molecular weight is 264 g/mol. The van der Waals surface area contributed by atoms with Gasteiger partial charge in [-0.05, 0) is 51.1 Å². The van der Waals surface area contributed by atoms with E-state index >= 15 is 0 Å². The summed E-state index contributed by atoms with van der Waals surface area (Å²) in [5, 5.41) is 3.91. The first-order valence-corrected chi connectivity index (χ1v) is 8.78. The number of hydrogen-bond acceptors (Lipinski definition) is 2. The van der Waals surface area contributed by atoms with E-state index < -0.39 is 0 Å². The zero-order valence-electron chi connectivity index (χ0n) is 12.8. The fourth-order valence-corrected chi connectivity index (χ4v) is 4.85. The van der Waals surface area contributed by atoms with Crippen molar-refractivity contribution in [1.82, 2.24) is 10.2 Å². The first-order valence-electron chi connectivity index (χ1n) is 8.78.